The fraction of sp³-hybridized carbons (Fsp3) is 0.581. The molecule has 4 fully saturated rings. The van der Waals surface area contributed by atoms with Crippen LogP contribution in [0.4, 0.5) is 0 Å². The highest BCUT2D eigenvalue weighted by atomic mass is 32.2. The Morgan fingerprint density at radius 3 is 2.03 bits per heavy atom. The Labute approximate surface area is 222 Å². The predicted octanol–water partition coefficient (Wildman–Crippen LogP) is 5.37. The molecule has 1 unspecified atom stereocenters. The van der Waals surface area contributed by atoms with Crippen molar-refractivity contribution in [2.45, 2.75) is 90.1 Å². The van der Waals surface area contributed by atoms with Crippen molar-refractivity contribution in [3.05, 3.63) is 63.7 Å². The van der Waals surface area contributed by atoms with E-state index in [0.29, 0.717) is 17.9 Å². The molecule has 1 aliphatic heterocycles. The van der Waals surface area contributed by atoms with Crippen LogP contribution >= 0.6 is 0 Å². The average molecular weight is 521 g/mol. The number of sulfonamides is 1. The van der Waals surface area contributed by atoms with Gasteiger partial charge in [-0.25, -0.2) is 8.42 Å². The van der Waals surface area contributed by atoms with E-state index in [2.05, 4.69) is 5.32 Å². The minimum Gasteiger partial charge on any atom is -0.354 e. The first-order valence-electron chi connectivity index (χ1n) is 14.0. The van der Waals surface area contributed by atoms with Crippen LogP contribution in [0.25, 0.3) is 0 Å². The summed E-state index contributed by atoms with van der Waals surface area (Å²) in [7, 11) is -3.90. The summed E-state index contributed by atoms with van der Waals surface area (Å²) < 4.78 is 30.1. The number of nitrogens with one attached hydrogen (secondary N) is 1. The first-order valence-corrected chi connectivity index (χ1v) is 15.4. The van der Waals surface area contributed by atoms with E-state index in [0.717, 1.165) is 51.1 Å². The zero-order valence-corrected chi connectivity index (χ0v) is 23.5. The number of aryl methyl sites for hydroxylation is 2. The Hall–Kier alpha value is -2.18. The summed E-state index contributed by atoms with van der Waals surface area (Å²) in [5, 5.41) is 3.30. The maximum Gasteiger partial charge on any atom is 0.244 e. The van der Waals surface area contributed by atoms with E-state index in [4.69, 9.17) is 0 Å². The number of hydrogen-bond acceptors (Lipinski definition) is 3. The molecular weight excluding hydrogens is 480 g/mol. The third kappa shape index (κ3) is 4.24. The predicted molar refractivity (Wildman–Crippen MR) is 146 cm³/mol. The van der Waals surface area contributed by atoms with E-state index in [-0.39, 0.29) is 17.9 Å². The number of hydrogen-bond donors (Lipinski definition) is 1. The van der Waals surface area contributed by atoms with Crippen LogP contribution < -0.4 is 5.32 Å². The minimum atomic E-state index is -3.90. The van der Waals surface area contributed by atoms with Crippen molar-refractivity contribution >= 4 is 15.9 Å². The van der Waals surface area contributed by atoms with Crippen molar-refractivity contribution in [3.63, 3.8) is 0 Å². The summed E-state index contributed by atoms with van der Waals surface area (Å²) in [6.07, 6.45) is 8.17. The Balaban J connectivity index is 1.32. The van der Waals surface area contributed by atoms with Crippen molar-refractivity contribution in [1.82, 2.24) is 9.62 Å². The summed E-state index contributed by atoms with van der Waals surface area (Å²) in [4.78, 5) is 14.2. The summed E-state index contributed by atoms with van der Waals surface area (Å²) in [6, 6.07) is 9.25. The molecule has 198 valence electrons. The normalized spacial score (nSPS) is 30.8. The highest BCUT2D eigenvalue weighted by Gasteiger charge is 2.51. The maximum absolute atomic E-state index is 14.3. The van der Waals surface area contributed by atoms with Crippen LogP contribution in [0.5, 0.6) is 0 Å². The fourth-order valence-corrected chi connectivity index (χ4v) is 10.7. The minimum absolute atomic E-state index is 0.145. The number of fused-ring (bicyclic) bond motifs is 1. The molecule has 4 aliphatic carbocycles. The van der Waals surface area contributed by atoms with E-state index in [1.807, 2.05) is 58.0 Å². The van der Waals surface area contributed by atoms with Crippen molar-refractivity contribution in [2.75, 3.05) is 6.54 Å². The van der Waals surface area contributed by atoms with Crippen LogP contribution in [0.3, 0.4) is 0 Å². The van der Waals surface area contributed by atoms with E-state index in [1.165, 1.54) is 42.8 Å². The smallest absolute Gasteiger partial charge is 0.244 e. The molecule has 1 heterocycles. The van der Waals surface area contributed by atoms with Gasteiger partial charge in [-0.1, -0.05) is 30.3 Å². The van der Waals surface area contributed by atoms with Crippen molar-refractivity contribution in [1.29, 1.82) is 0 Å². The number of benzene rings is 2. The lowest BCUT2D eigenvalue weighted by Crippen LogP contribution is -2.56. The van der Waals surface area contributed by atoms with Gasteiger partial charge < -0.3 is 5.32 Å². The van der Waals surface area contributed by atoms with E-state index in [1.54, 1.807) is 0 Å². The van der Waals surface area contributed by atoms with Gasteiger partial charge in [-0.3, -0.25) is 4.79 Å². The molecule has 1 N–H and O–H groups in total. The summed E-state index contributed by atoms with van der Waals surface area (Å²) >= 11 is 0. The molecule has 1 amide bonds. The van der Waals surface area contributed by atoms with E-state index in [9.17, 15) is 13.2 Å². The molecule has 4 bridgehead atoms. The number of carbonyl (C=O) groups excluding carboxylic acids is 1. The standard InChI is InChI=1S/C31H40N2O3S/c1-19-9-20(2)22(4)29(21(19)3)37(35,36)33-17-27-8-6-5-7-26(27)13-28(33)30(34)32-18-31-14-23-10-24(15-31)12-25(11-23)16-31/h5-9,23-25,28H,10-18H2,1-4H3,(H,32,34). The van der Waals surface area contributed by atoms with Gasteiger partial charge >= 0.3 is 0 Å². The summed E-state index contributed by atoms with van der Waals surface area (Å²) in [5.74, 6) is 2.31. The van der Waals surface area contributed by atoms with Crippen molar-refractivity contribution < 1.29 is 13.2 Å². The third-order valence-corrected chi connectivity index (χ3v) is 12.3. The third-order valence-electron chi connectivity index (χ3n) is 10.2. The maximum atomic E-state index is 14.3. The molecule has 1 atom stereocenters. The fourth-order valence-electron chi connectivity index (χ4n) is 8.56. The molecule has 7 rings (SSSR count). The second-order valence-electron chi connectivity index (χ2n) is 12.8. The second kappa shape index (κ2) is 8.94. The summed E-state index contributed by atoms with van der Waals surface area (Å²) in [5.41, 5.74) is 5.73. The Kier molecular flexibility index (Phi) is 6.07. The molecule has 6 heteroatoms. The molecule has 0 spiro atoms. The van der Waals surface area contributed by atoms with Crippen LogP contribution in [-0.2, 0) is 27.8 Å². The molecule has 2 aromatic carbocycles. The molecule has 5 aliphatic rings. The van der Waals surface area contributed by atoms with Gasteiger partial charge in [0.1, 0.15) is 6.04 Å². The van der Waals surface area contributed by atoms with Crippen LogP contribution in [0.15, 0.2) is 35.2 Å². The Bertz CT molecular complexity index is 1300. The number of nitrogens with zero attached hydrogens (tertiary/aromatic N) is 1. The molecular formula is C31H40N2O3S. The van der Waals surface area contributed by atoms with Gasteiger partial charge in [-0.15, -0.1) is 0 Å². The number of amides is 1. The van der Waals surface area contributed by atoms with Gasteiger partial charge in [0.15, 0.2) is 0 Å². The van der Waals surface area contributed by atoms with Gasteiger partial charge in [-0.2, -0.15) is 4.31 Å². The van der Waals surface area contributed by atoms with Crippen LogP contribution in [0.2, 0.25) is 0 Å². The summed E-state index contributed by atoms with van der Waals surface area (Å²) in [6.45, 7) is 8.59. The quantitative estimate of drug-likeness (QED) is 0.577. The van der Waals surface area contributed by atoms with E-state index >= 15 is 0 Å². The molecule has 4 saturated carbocycles. The molecule has 0 radical (unpaired) electrons. The topological polar surface area (TPSA) is 66.5 Å². The van der Waals surface area contributed by atoms with Gasteiger partial charge in [0, 0.05) is 13.1 Å². The molecule has 0 saturated heterocycles. The van der Waals surface area contributed by atoms with Crippen LogP contribution in [0.1, 0.15) is 71.9 Å². The van der Waals surface area contributed by atoms with Gasteiger partial charge in [0.2, 0.25) is 15.9 Å². The van der Waals surface area contributed by atoms with Gasteiger partial charge in [0.25, 0.3) is 0 Å². The largest absolute Gasteiger partial charge is 0.354 e. The molecule has 5 nitrogen and oxygen atoms in total. The SMILES string of the molecule is Cc1cc(C)c(C)c(S(=O)(=O)N2Cc3ccccc3CC2C(=O)NCC23CC4CC(CC(C4)C2)C3)c1C. The molecule has 0 aromatic heterocycles. The van der Waals surface area contributed by atoms with E-state index < -0.39 is 16.1 Å². The number of carbonyl (C=O) groups is 1. The van der Waals surface area contributed by atoms with Gasteiger partial charge in [-0.05, 0) is 129 Å². The number of rotatable bonds is 5. The van der Waals surface area contributed by atoms with Crippen LogP contribution in [-0.4, -0.2) is 31.2 Å². The van der Waals surface area contributed by atoms with Crippen LogP contribution in [0, 0.1) is 50.9 Å². The zero-order valence-electron chi connectivity index (χ0n) is 22.6. The lowest BCUT2D eigenvalue weighted by atomic mass is 9.49. The Morgan fingerprint density at radius 2 is 1.46 bits per heavy atom. The highest BCUT2D eigenvalue weighted by Crippen LogP contribution is 2.59. The lowest BCUT2D eigenvalue weighted by Gasteiger charge is -2.57. The first kappa shape index (κ1) is 25.1. The first-order chi connectivity index (χ1) is 17.6. The zero-order chi connectivity index (χ0) is 26.1. The van der Waals surface area contributed by atoms with Gasteiger partial charge in [0.05, 0.1) is 4.90 Å². The second-order valence-corrected chi connectivity index (χ2v) is 14.6. The average Bonchev–Trinajstić information content (AvgIpc) is 2.84. The lowest BCUT2D eigenvalue weighted by molar-refractivity contribution is -0.127. The molecule has 2 aromatic rings. The molecule has 37 heavy (non-hydrogen) atoms. The Morgan fingerprint density at radius 1 is 0.919 bits per heavy atom. The monoisotopic (exact) mass is 520 g/mol. The van der Waals surface area contributed by atoms with Crippen molar-refractivity contribution in [3.8, 4) is 0 Å². The highest BCUT2D eigenvalue weighted by molar-refractivity contribution is 7.89. The van der Waals surface area contributed by atoms with Crippen molar-refractivity contribution in [2.24, 2.45) is 23.2 Å².